The molecular formula is C59H56F4N10S2. The van der Waals surface area contributed by atoms with Gasteiger partial charge in [0, 0.05) is 96.8 Å². The average molecular weight is 1050 g/mol. The van der Waals surface area contributed by atoms with E-state index in [1.807, 2.05) is 58.9 Å². The molecule has 0 fully saturated rings. The zero-order valence-electron chi connectivity index (χ0n) is 42.6. The van der Waals surface area contributed by atoms with E-state index in [9.17, 15) is 13.2 Å². The number of nitrogen functional groups attached to an aromatic ring is 1. The number of nitrogens with two attached hydrogens (primary N) is 1. The van der Waals surface area contributed by atoms with Crippen LogP contribution in [0.15, 0.2) is 128 Å². The number of aromatic amines is 3. The molecule has 0 saturated heterocycles. The Morgan fingerprint density at radius 2 is 1.65 bits per heavy atom. The van der Waals surface area contributed by atoms with Gasteiger partial charge in [-0.3, -0.25) is 10.1 Å². The predicted octanol–water partition coefficient (Wildman–Crippen LogP) is 15.1. The number of benzene rings is 2. The van der Waals surface area contributed by atoms with Crippen molar-refractivity contribution in [1.82, 2.24) is 45.4 Å². The van der Waals surface area contributed by atoms with Crippen LogP contribution in [0.3, 0.4) is 0 Å². The van der Waals surface area contributed by atoms with Gasteiger partial charge in [-0.15, -0.1) is 41.9 Å². The molecule has 0 aliphatic rings. The summed E-state index contributed by atoms with van der Waals surface area (Å²) in [7, 11) is 0. The number of terminal acetylenes is 2. The second kappa shape index (κ2) is 25.4. The number of rotatable bonds is 14. The van der Waals surface area contributed by atoms with Crippen LogP contribution in [0.5, 0.6) is 0 Å². The largest absolute Gasteiger partial charge is 0.398 e. The number of halogens is 4. The van der Waals surface area contributed by atoms with E-state index in [4.69, 9.17) is 17.1 Å². The Morgan fingerprint density at radius 3 is 2.31 bits per heavy atom. The number of allylic oxidation sites excluding steroid dienone is 6. The highest BCUT2D eigenvalue weighted by atomic mass is 32.1. The zero-order valence-corrected chi connectivity index (χ0v) is 44.2. The molecule has 0 aliphatic carbocycles. The van der Waals surface area contributed by atoms with Crippen molar-refractivity contribution < 1.29 is 17.6 Å². The predicted molar refractivity (Wildman–Crippen MR) is 302 cm³/mol. The van der Waals surface area contributed by atoms with E-state index in [0.29, 0.717) is 101 Å². The topological polar surface area (TPSA) is 150 Å². The van der Waals surface area contributed by atoms with Gasteiger partial charge in [-0.25, -0.2) is 23.7 Å². The van der Waals surface area contributed by atoms with Gasteiger partial charge in [0.1, 0.15) is 23.2 Å². The van der Waals surface area contributed by atoms with E-state index in [2.05, 4.69) is 86.2 Å². The van der Waals surface area contributed by atoms with Crippen molar-refractivity contribution in [3.05, 3.63) is 189 Å². The van der Waals surface area contributed by atoms with Gasteiger partial charge in [0.05, 0.1) is 16.7 Å². The highest BCUT2D eigenvalue weighted by Crippen LogP contribution is 2.37. The van der Waals surface area contributed by atoms with Crippen molar-refractivity contribution in [3.63, 3.8) is 0 Å². The fourth-order valence-electron chi connectivity index (χ4n) is 8.08. The second-order valence-electron chi connectivity index (χ2n) is 17.0. The van der Waals surface area contributed by atoms with Crippen LogP contribution in [0.25, 0.3) is 66.3 Å². The second-order valence-corrected chi connectivity index (χ2v) is 19.0. The summed E-state index contributed by atoms with van der Waals surface area (Å²) in [5.74, 6) is 3.29. The molecule has 0 unspecified atom stereocenters. The first-order valence-corrected chi connectivity index (χ1v) is 25.3. The number of nitrogens with zero attached hydrogens (tertiary/aromatic N) is 5. The van der Waals surface area contributed by atoms with Crippen LogP contribution in [0.1, 0.15) is 79.8 Å². The first kappa shape index (κ1) is 55.7. The lowest BCUT2D eigenvalue weighted by molar-refractivity contribution is 0.622. The molecule has 16 heteroatoms. The maximum absolute atomic E-state index is 15.1. The van der Waals surface area contributed by atoms with E-state index in [-0.39, 0.29) is 16.1 Å². The smallest absolute Gasteiger partial charge is 0.178 e. The number of thiophene rings is 2. The van der Waals surface area contributed by atoms with Crippen LogP contribution in [0, 0.1) is 66.9 Å². The number of anilines is 1. The van der Waals surface area contributed by atoms with Gasteiger partial charge in [0.2, 0.25) is 0 Å². The lowest BCUT2D eigenvalue weighted by atomic mass is 9.98. The Morgan fingerprint density at radius 1 is 0.907 bits per heavy atom. The molecule has 6 N–H and O–H groups in total. The maximum atomic E-state index is 15.1. The van der Waals surface area contributed by atoms with Crippen molar-refractivity contribution in [1.29, 1.82) is 0 Å². The third-order valence-corrected chi connectivity index (χ3v) is 13.2. The fraction of sp³-hybridized carbons (Fsp3) is 0.169. The number of hydrogen-bond donors (Lipinski definition) is 5. The average Bonchev–Trinajstić information content (AvgIpc) is 4.26. The molecule has 0 amide bonds. The zero-order chi connectivity index (χ0) is 54.5. The summed E-state index contributed by atoms with van der Waals surface area (Å²) in [5, 5.41) is 10.7. The number of aryl methyl sites for hydroxylation is 2. The quantitative estimate of drug-likeness (QED) is 0.0315. The Balaban J connectivity index is 0.000000230. The Labute approximate surface area is 442 Å². The number of nitrogens with one attached hydrogen (secondary N) is 4. The van der Waals surface area contributed by atoms with Gasteiger partial charge in [-0.05, 0) is 123 Å². The SMILES string of the molecule is C#C.C#C/C=C(/c1ccc(F)s1)c1nc(-c2n[nH]c3cc(F)c(-c4cnccc4C)cc23)[nH]c1C.C=C/C(=C\C(=C/C)c1cc(Cc2nc3nccc(-c4ccc(F)s4)c3[nH]2)c(N)cc1F)NC(=C)CC(C)C.CC. The van der Waals surface area contributed by atoms with Crippen LogP contribution in [0.2, 0.25) is 0 Å². The van der Waals surface area contributed by atoms with Crippen molar-refractivity contribution in [2.75, 3.05) is 5.73 Å². The lowest BCUT2D eigenvalue weighted by Gasteiger charge is -2.14. The van der Waals surface area contributed by atoms with Crippen LogP contribution >= 0.6 is 22.7 Å². The Kier molecular flexibility index (Phi) is 18.9. The van der Waals surface area contributed by atoms with Gasteiger partial charge in [-0.2, -0.15) is 13.9 Å². The number of H-pyrrole nitrogens is 3. The fourth-order valence-corrected chi connectivity index (χ4v) is 9.59. The molecular weight excluding hydrogens is 989 g/mol. The van der Waals surface area contributed by atoms with Crippen molar-refractivity contribution in [2.24, 2.45) is 5.92 Å². The lowest BCUT2D eigenvalue weighted by Crippen LogP contribution is -2.12. The molecule has 2 aromatic carbocycles. The third-order valence-electron chi connectivity index (χ3n) is 11.4. The van der Waals surface area contributed by atoms with Crippen molar-refractivity contribution in [2.45, 2.75) is 61.3 Å². The van der Waals surface area contributed by atoms with E-state index in [0.717, 1.165) is 62.2 Å². The van der Waals surface area contributed by atoms with E-state index in [1.54, 1.807) is 55.0 Å². The number of aromatic nitrogens is 8. The first-order valence-electron chi connectivity index (χ1n) is 23.7. The molecule has 9 rings (SSSR count). The van der Waals surface area contributed by atoms with Gasteiger partial charge in [0.15, 0.2) is 21.7 Å². The van der Waals surface area contributed by atoms with Crippen LogP contribution in [-0.4, -0.2) is 40.1 Å². The van der Waals surface area contributed by atoms with E-state index >= 15 is 4.39 Å². The number of imidazole rings is 2. The first-order chi connectivity index (χ1) is 36.1. The van der Waals surface area contributed by atoms with Gasteiger partial charge < -0.3 is 21.0 Å². The van der Waals surface area contributed by atoms with Crippen molar-refractivity contribution >= 4 is 61.6 Å². The minimum absolute atomic E-state index is 0.260. The summed E-state index contributed by atoms with van der Waals surface area (Å²) in [5.41, 5.74) is 17.1. The molecule has 0 atom stereocenters. The standard InChI is InChI=1S/C30H31F2N5S.C25H17F2N5S.C2H6.C2H2/c1-6-19(13-21(7-2)35-18(5)12-17(3)4)23-14-20(25(33)16-24(23)31)15-28-36-29-22(10-11-34-30(29)37-28)26-8-9-27(32)38-26;1-4-5-15(21-6-7-22(27)33-21)23-14(3)29-25(30-23)24-17-10-16(18-12-28-9-8-13(18)2)19(26)11-20(17)31-32-24;2*1-2/h6-11,13-14,16-17,35H,2,5,12,15,33H2,1,3-4H3,(H,34,36,37);1,5-12H,2-3H3,(H,29,30)(H,31,32);1-2H3;1-2H/b19-6+,21-13+;15-5-;;. The molecule has 0 aliphatic heterocycles. The number of hydrogen-bond acceptors (Lipinski definition) is 9. The van der Waals surface area contributed by atoms with Crippen molar-refractivity contribution in [3.8, 4) is 58.3 Å². The van der Waals surface area contributed by atoms with Crippen LogP contribution in [-0.2, 0) is 6.42 Å². The van der Waals surface area contributed by atoms with Gasteiger partial charge in [-0.1, -0.05) is 52.8 Å². The third kappa shape index (κ3) is 13.0. The summed E-state index contributed by atoms with van der Waals surface area (Å²) in [6, 6.07) is 16.1. The molecule has 7 heterocycles. The Bertz CT molecular complexity index is 3660. The molecule has 382 valence electrons. The van der Waals surface area contributed by atoms with Crippen LogP contribution in [0.4, 0.5) is 23.2 Å². The Hall–Kier alpha value is -8.57. The molecule has 75 heavy (non-hydrogen) atoms. The molecule has 10 nitrogen and oxygen atoms in total. The molecule has 0 radical (unpaired) electrons. The van der Waals surface area contributed by atoms with Gasteiger partial charge in [0.25, 0.3) is 0 Å². The molecule has 9 aromatic rings. The molecule has 0 spiro atoms. The monoisotopic (exact) mass is 1040 g/mol. The summed E-state index contributed by atoms with van der Waals surface area (Å²) >= 11 is 2.06. The summed E-state index contributed by atoms with van der Waals surface area (Å²) in [6.45, 7) is 21.8. The highest BCUT2D eigenvalue weighted by molar-refractivity contribution is 7.14. The summed E-state index contributed by atoms with van der Waals surface area (Å²) in [4.78, 5) is 25.8. The molecule has 0 saturated carbocycles. The van der Waals surface area contributed by atoms with Gasteiger partial charge >= 0.3 is 0 Å². The number of fused-ring (bicyclic) bond motifs is 2. The number of pyridine rings is 2. The molecule has 7 aromatic heterocycles. The van der Waals surface area contributed by atoms with Crippen LogP contribution < -0.4 is 11.1 Å². The molecule has 0 bridgehead atoms. The normalized spacial score (nSPS) is 11.6. The summed E-state index contributed by atoms with van der Waals surface area (Å²) in [6.07, 6.45) is 26.6. The highest BCUT2D eigenvalue weighted by Gasteiger charge is 2.21. The maximum Gasteiger partial charge on any atom is 0.178 e. The van der Waals surface area contributed by atoms with E-state index < -0.39 is 5.82 Å². The van der Waals surface area contributed by atoms with E-state index in [1.165, 1.54) is 24.3 Å². The summed E-state index contributed by atoms with van der Waals surface area (Å²) < 4.78 is 57.3. The minimum Gasteiger partial charge on any atom is -0.398 e. The minimum atomic E-state index is -0.423.